The lowest BCUT2D eigenvalue weighted by Gasteiger charge is -2.31. The predicted octanol–water partition coefficient (Wildman–Crippen LogP) is 5.28. The maximum Gasteiger partial charge on any atom is 0.243 e. The topological polar surface area (TPSA) is 58.6 Å². The third-order valence-electron chi connectivity index (χ3n) is 5.44. The van der Waals surface area contributed by atoms with Gasteiger partial charge in [-0.2, -0.15) is 0 Å². The van der Waals surface area contributed by atoms with Crippen LogP contribution in [0.4, 0.5) is 0 Å². The number of amides is 2. The molecule has 1 N–H and O–H groups in total. The molecule has 3 aromatic rings. The van der Waals surface area contributed by atoms with Crippen LogP contribution in [0.3, 0.4) is 0 Å². The summed E-state index contributed by atoms with van der Waals surface area (Å²) in [7, 11) is 0. The highest BCUT2D eigenvalue weighted by atomic mass is 35.5. The van der Waals surface area contributed by atoms with Crippen molar-refractivity contribution >= 4 is 23.4 Å². The van der Waals surface area contributed by atoms with E-state index in [-0.39, 0.29) is 18.2 Å². The molecule has 0 bridgehead atoms. The zero-order valence-electron chi connectivity index (χ0n) is 19.5. The van der Waals surface area contributed by atoms with Gasteiger partial charge in [0, 0.05) is 31.0 Å². The first-order chi connectivity index (χ1) is 16.6. The Hall–Kier alpha value is -3.31. The molecule has 5 nitrogen and oxygen atoms in total. The first-order valence-corrected chi connectivity index (χ1v) is 12.0. The van der Waals surface area contributed by atoms with Gasteiger partial charge in [0.05, 0.1) is 6.61 Å². The molecule has 0 saturated carbocycles. The standard InChI is InChI=1S/C28H31ClN2O3/c1-2-30-28(33)26(20-22-10-5-3-6-11-22)31(21-23-15-17-24(29)18-16-23)27(32)14-9-19-34-25-12-7-4-8-13-25/h3-8,10-13,15-18,26H,2,9,14,19-21H2,1H3,(H,30,33)/t26-/m0/s1. The lowest BCUT2D eigenvalue weighted by molar-refractivity contribution is -0.141. The molecular formula is C28H31ClN2O3. The van der Waals surface area contributed by atoms with E-state index in [4.69, 9.17) is 16.3 Å². The lowest BCUT2D eigenvalue weighted by Crippen LogP contribution is -2.50. The summed E-state index contributed by atoms with van der Waals surface area (Å²) in [6.45, 7) is 3.13. The molecule has 178 valence electrons. The first-order valence-electron chi connectivity index (χ1n) is 11.6. The zero-order chi connectivity index (χ0) is 24.2. The number of likely N-dealkylation sites (N-methyl/N-ethyl adjacent to an activating group) is 1. The molecule has 0 heterocycles. The summed E-state index contributed by atoms with van der Waals surface area (Å²) in [6.07, 6.45) is 1.27. The Morgan fingerprint density at radius 1 is 0.912 bits per heavy atom. The van der Waals surface area contributed by atoms with Crippen molar-refractivity contribution in [2.45, 2.75) is 38.8 Å². The highest BCUT2D eigenvalue weighted by molar-refractivity contribution is 6.30. The number of para-hydroxylation sites is 1. The Balaban J connectivity index is 1.76. The second-order valence-corrected chi connectivity index (χ2v) is 8.45. The van der Waals surface area contributed by atoms with Gasteiger partial charge in [0.1, 0.15) is 11.8 Å². The van der Waals surface area contributed by atoms with Crippen LogP contribution >= 0.6 is 11.6 Å². The molecule has 0 aromatic heterocycles. The highest BCUT2D eigenvalue weighted by Gasteiger charge is 2.29. The molecule has 0 aliphatic heterocycles. The SMILES string of the molecule is CCNC(=O)[C@H](Cc1ccccc1)N(Cc1ccc(Cl)cc1)C(=O)CCCOc1ccccc1. The molecule has 3 rings (SSSR count). The number of halogens is 1. The average molecular weight is 479 g/mol. The number of carbonyl (C=O) groups is 2. The van der Waals surface area contributed by atoms with E-state index in [1.807, 2.05) is 79.7 Å². The second kappa shape index (κ2) is 13.4. The maximum atomic E-state index is 13.4. The third kappa shape index (κ3) is 7.92. The molecule has 34 heavy (non-hydrogen) atoms. The number of benzene rings is 3. The first kappa shape index (κ1) is 25.3. The molecule has 0 spiro atoms. The number of carbonyl (C=O) groups excluding carboxylic acids is 2. The summed E-state index contributed by atoms with van der Waals surface area (Å²) < 4.78 is 5.75. The van der Waals surface area contributed by atoms with Crippen LogP contribution in [-0.2, 0) is 22.6 Å². The van der Waals surface area contributed by atoms with Gasteiger partial charge in [-0.3, -0.25) is 9.59 Å². The summed E-state index contributed by atoms with van der Waals surface area (Å²) in [4.78, 5) is 28.2. The summed E-state index contributed by atoms with van der Waals surface area (Å²) in [5.74, 6) is 0.533. The minimum Gasteiger partial charge on any atom is -0.494 e. The van der Waals surface area contributed by atoms with Crippen molar-refractivity contribution in [1.82, 2.24) is 10.2 Å². The van der Waals surface area contributed by atoms with E-state index < -0.39 is 6.04 Å². The van der Waals surface area contributed by atoms with Crippen molar-refractivity contribution in [2.75, 3.05) is 13.2 Å². The van der Waals surface area contributed by atoms with Gasteiger partial charge in [-0.25, -0.2) is 0 Å². The van der Waals surface area contributed by atoms with E-state index in [2.05, 4.69) is 5.32 Å². The predicted molar refractivity (Wildman–Crippen MR) is 136 cm³/mol. The molecular weight excluding hydrogens is 448 g/mol. The van der Waals surface area contributed by atoms with Gasteiger partial charge in [-0.15, -0.1) is 0 Å². The van der Waals surface area contributed by atoms with Gasteiger partial charge in [0.15, 0.2) is 0 Å². The molecule has 0 unspecified atom stereocenters. The summed E-state index contributed by atoms with van der Waals surface area (Å²) >= 11 is 6.05. The Kier molecular flexibility index (Phi) is 9.98. The number of nitrogens with one attached hydrogen (secondary N) is 1. The second-order valence-electron chi connectivity index (χ2n) is 8.01. The van der Waals surface area contributed by atoms with Crippen molar-refractivity contribution in [3.8, 4) is 5.75 Å². The third-order valence-corrected chi connectivity index (χ3v) is 5.69. The van der Waals surface area contributed by atoms with Crippen LogP contribution in [0.2, 0.25) is 5.02 Å². The van der Waals surface area contributed by atoms with Gasteiger partial charge in [-0.1, -0.05) is 72.3 Å². The van der Waals surface area contributed by atoms with E-state index in [0.29, 0.717) is 37.6 Å². The van der Waals surface area contributed by atoms with E-state index in [1.54, 1.807) is 17.0 Å². The zero-order valence-corrected chi connectivity index (χ0v) is 20.2. The minimum absolute atomic E-state index is 0.0844. The van der Waals surface area contributed by atoms with Crippen molar-refractivity contribution in [3.05, 3.63) is 101 Å². The molecule has 1 atom stereocenters. The highest BCUT2D eigenvalue weighted by Crippen LogP contribution is 2.18. The van der Waals surface area contributed by atoms with Crippen LogP contribution < -0.4 is 10.1 Å². The molecule has 0 aliphatic carbocycles. The van der Waals surface area contributed by atoms with E-state index in [9.17, 15) is 9.59 Å². The van der Waals surface area contributed by atoms with E-state index in [0.717, 1.165) is 16.9 Å². The van der Waals surface area contributed by atoms with Crippen molar-refractivity contribution in [2.24, 2.45) is 0 Å². The van der Waals surface area contributed by atoms with Gasteiger partial charge < -0.3 is 15.0 Å². The average Bonchev–Trinajstić information content (AvgIpc) is 2.86. The Morgan fingerprint density at radius 3 is 2.21 bits per heavy atom. The number of hydrogen-bond acceptors (Lipinski definition) is 3. The molecule has 3 aromatic carbocycles. The number of hydrogen-bond donors (Lipinski definition) is 1. The number of ether oxygens (including phenoxy) is 1. The molecule has 0 saturated heterocycles. The maximum absolute atomic E-state index is 13.4. The molecule has 0 fully saturated rings. The molecule has 0 aliphatic rings. The fourth-order valence-electron chi connectivity index (χ4n) is 3.71. The summed E-state index contributed by atoms with van der Waals surface area (Å²) in [5, 5.41) is 3.54. The van der Waals surface area contributed by atoms with Gasteiger partial charge in [0.2, 0.25) is 11.8 Å². The van der Waals surface area contributed by atoms with Gasteiger partial charge >= 0.3 is 0 Å². The van der Waals surface area contributed by atoms with Crippen molar-refractivity contribution in [1.29, 1.82) is 0 Å². The minimum atomic E-state index is -0.624. The fraction of sp³-hybridized carbons (Fsp3) is 0.286. The van der Waals surface area contributed by atoms with E-state index >= 15 is 0 Å². The Morgan fingerprint density at radius 2 is 1.56 bits per heavy atom. The smallest absolute Gasteiger partial charge is 0.243 e. The van der Waals surface area contributed by atoms with Crippen LogP contribution in [0.5, 0.6) is 5.75 Å². The molecule has 0 radical (unpaired) electrons. The van der Waals surface area contributed by atoms with Crippen molar-refractivity contribution < 1.29 is 14.3 Å². The van der Waals surface area contributed by atoms with Crippen LogP contribution in [-0.4, -0.2) is 35.9 Å². The normalized spacial score (nSPS) is 11.5. The van der Waals surface area contributed by atoms with Gasteiger partial charge in [0.25, 0.3) is 0 Å². The number of rotatable bonds is 12. The van der Waals surface area contributed by atoms with Crippen molar-refractivity contribution in [3.63, 3.8) is 0 Å². The Labute approximate surface area is 206 Å². The van der Waals surface area contributed by atoms with E-state index in [1.165, 1.54) is 0 Å². The quantitative estimate of drug-likeness (QED) is 0.360. The van der Waals surface area contributed by atoms with Crippen LogP contribution in [0.15, 0.2) is 84.9 Å². The monoisotopic (exact) mass is 478 g/mol. The fourth-order valence-corrected chi connectivity index (χ4v) is 3.83. The largest absolute Gasteiger partial charge is 0.494 e. The summed E-state index contributed by atoms with van der Waals surface area (Å²) in [5.41, 5.74) is 1.92. The van der Waals surface area contributed by atoms with Gasteiger partial charge in [-0.05, 0) is 48.7 Å². The van der Waals surface area contributed by atoms with Crippen LogP contribution in [0.25, 0.3) is 0 Å². The number of nitrogens with zero attached hydrogens (tertiary/aromatic N) is 1. The molecule has 2 amide bonds. The summed E-state index contributed by atoms with van der Waals surface area (Å²) in [6, 6.07) is 26.0. The van der Waals surface area contributed by atoms with Crippen LogP contribution in [0.1, 0.15) is 30.9 Å². The molecule has 6 heteroatoms. The Bertz CT molecular complexity index is 1030. The van der Waals surface area contributed by atoms with Crippen LogP contribution in [0, 0.1) is 0 Å². The lowest BCUT2D eigenvalue weighted by atomic mass is 10.0.